The summed E-state index contributed by atoms with van der Waals surface area (Å²) in [4.78, 5) is 26.8. The Morgan fingerprint density at radius 3 is 2.16 bits per heavy atom. The lowest BCUT2D eigenvalue weighted by molar-refractivity contribution is -0.118. The van der Waals surface area contributed by atoms with Crippen molar-refractivity contribution < 1.29 is 42.1 Å². The van der Waals surface area contributed by atoms with Crippen molar-refractivity contribution in [1.29, 1.82) is 0 Å². The summed E-state index contributed by atoms with van der Waals surface area (Å²) in [5, 5.41) is 10.4. The summed E-state index contributed by atoms with van der Waals surface area (Å²) >= 11 is 0. The van der Waals surface area contributed by atoms with Crippen LogP contribution in [0, 0.1) is 6.92 Å². The fourth-order valence-electron chi connectivity index (χ4n) is 4.52. The van der Waals surface area contributed by atoms with Crippen molar-refractivity contribution in [2.45, 2.75) is 6.92 Å². The van der Waals surface area contributed by atoms with Crippen molar-refractivity contribution >= 4 is 22.9 Å². The fraction of sp³-hybridized carbons (Fsp3) is 0.226. The molecule has 0 fully saturated rings. The molecule has 5 aromatic rings. The SMILES string of the molecule is COc1cc(OC)c2c(=O)c(OCC(=O)Nc3nnc(-c4cccc(C)c4)o3)c(-c3cc(OC)c(OC)c(OC)c3)oc2c1. The van der Waals surface area contributed by atoms with Gasteiger partial charge in [0.05, 0.1) is 35.5 Å². The van der Waals surface area contributed by atoms with Crippen molar-refractivity contribution in [1.82, 2.24) is 10.2 Å². The molecule has 5 rings (SSSR count). The van der Waals surface area contributed by atoms with Gasteiger partial charge in [-0.1, -0.05) is 22.8 Å². The predicted octanol–water partition coefficient (Wildman–Crippen LogP) is 4.88. The highest BCUT2D eigenvalue weighted by Gasteiger charge is 2.25. The van der Waals surface area contributed by atoms with Gasteiger partial charge in [0.1, 0.15) is 22.5 Å². The number of anilines is 1. The Labute approximate surface area is 251 Å². The highest BCUT2D eigenvalue weighted by Crippen LogP contribution is 2.44. The third-order valence-corrected chi connectivity index (χ3v) is 6.56. The molecular formula is C31H29N3O10. The molecule has 0 saturated carbocycles. The molecule has 0 spiro atoms. The zero-order valence-electron chi connectivity index (χ0n) is 24.8. The Kier molecular flexibility index (Phi) is 8.56. The molecule has 2 aromatic heterocycles. The summed E-state index contributed by atoms with van der Waals surface area (Å²) in [6.45, 7) is 1.33. The first-order valence-electron chi connectivity index (χ1n) is 13.2. The summed E-state index contributed by atoms with van der Waals surface area (Å²) in [7, 11) is 7.26. The summed E-state index contributed by atoms with van der Waals surface area (Å²) < 4.78 is 44.8. The molecule has 0 unspecified atom stereocenters. The summed E-state index contributed by atoms with van der Waals surface area (Å²) in [6.07, 6.45) is 0. The molecule has 13 nitrogen and oxygen atoms in total. The van der Waals surface area contributed by atoms with Crippen LogP contribution in [0.4, 0.5) is 6.01 Å². The van der Waals surface area contributed by atoms with Gasteiger partial charge in [-0.2, -0.15) is 0 Å². The number of benzene rings is 3. The minimum absolute atomic E-state index is 0.00983. The molecule has 0 bridgehead atoms. The molecular weight excluding hydrogens is 574 g/mol. The smallest absolute Gasteiger partial charge is 0.322 e. The molecule has 0 atom stereocenters. The minimum Gasteiger partial charge on any atom is -0.496 e. The predicted molar refractivity (Wildman–Crippen MR) is 159 cm³/mol. The summed E-state index contributed by atoms with van der Waals surface area (Å²) in [5.74, 6) is 0.806. The number of nitrogens with one attached hydrogen (secondary N) is 1. The van der Waals surface area contributed by atoms with Crippen molar-refractivity contribution in [2.75, 3.05) is 47.5 Å². The van der Waals surface area contributed by atoms with Gasteiger partial charge in [-0.3, -0.25) is 14.9 Å². The molecule has 0 saturated heterocycles. The van der Waals surface area contributed by atoms with Gasteiger partial charge < -0.3 is 37.3 Å². The standard InChI is InChI=1S/C31H29N3O10/c1-16-8-7-9-17(10-16)30-33-34-31(44-30)32-24(35)15-42-29-26(36)25-20(38-3)13-19(37-2)14-21(25)43-27(29)18-11-22(39-4)28(41-6)23(12-18)40-5/h7-14H,15H2,1-6H3,(H,32,34,35). The van der Waals surface area contributed by atoms with Crippen LogP contribution in [0.2, 0.25) is 0 Å². The van der Waals surface area contributed by atoms with E-state index in [0.29, 0.717) is 34.1 Å². The van der Waals surface area contributed by atoms with Gasteiger partial charge in [0.15, 0.2) is 23.9 Å². The van der Waals surface area contributed by atoms with Crippen molar-refractivity contribution in [2.24, 2.45) is 0 Å². The van der Waals surface area contributed by atoms with E-state index in [9.17, 15) is 9.59 Å². The van der Waals surface area contributed by atoms with Crippen LogP contribution in [0.5, 0.6) is 34.5 Å². The van der Waals surface area contributed by atoms with Crippen LogP contribution in [0.15, 0.2) is 62.2 Å². The third kappa shape index (κ3) is 5.79. The number of carbonyl (C=O) groups is 1. The molecule has 44 heavy (non-hydrogen) atoms. The van der Waals surface area contributed by atoms with E-state index < -0.39 is 17.9 Å². The molecule has 0 aliphatic carbocycles. The lowest BCUT2D eigenvalue weighted by Crippen LogP contribution is -2.23. The van der Waals surface area contributed by atoms with Crippen LogP contribution in [0.1, 0.15) is 5.56 Å². The van der Waals surface area contributed by atoms with Gasteiger partial charge in [0, 0.05) is 23.3 Å². The maximum absolute atomic E-state index is 13.9. The molecule has 2 heterocycles. The average Bonchev–Trinajstić information content (AvgIpc) is 3.51. The average molecular weight is 604 g/mol. The maximum atomic E-state index is 13.9. The van der Waals surface area contributed by atoms with E-state index in [4.69, 9.17) is 37.3 Å². The second-order valence-corrected chi connectivity index (χ2v) is 9.32. The highest BCUT2D eigenvalue weighted by atomic mass is 16.5. The molecule has 0 aliphatic rings. The fourth-order valence-corrected chi connectivity index (χ4v) is 4.52. The Hall–Kier alpha value is -5.72. The second-order valence-electron chi connectivity index (χ2n) is 9.32. The molecule has 3 aromatic carbocycles. The largest absolute Gasteiger partial charge is 0.496 e. The molecule has 1 amide bonds. The number of aryl methyl sites for hydroxylation is 1. The number of rotatable bonds is 11. The molecule has 13 heteroatoms. The number of carbonyl (C=O) groups excluding carboxylic acids is 1. The second kappa shape index (κ2) is 12.7. The number of methoxy groups -OCH3 is 5. The number of ether oxygens (including phenoxy) is 6. The summed E-state index contributed by atoms with van der Waals surface area (Å²) in [6, 6.07) is 13.6. The van der Waals surface area contributed by atoms with E-state index >= 15 is 0 Å². The van der Waals surface area contributed by atoms with Crippen LogP contribution in [0.3, 0.4) is 0 Å². The quantitative estimate of drug-likeness (QED) is 0.219. The maximum Gasteiger partial charge on any atom is 0.322 e. The zero-order valence-corrected chi connectivity index (χ0v) is 24.8. The number of amides is 1. The highest BCUT2D eigenvalue weighted by molar-refractivity contribution is 5.91. The molecule has 228 valence electrons. The van der Waals surface area contributed by atoms with Crippen molar-refractivity contribution in [3.63, 3.8) is 0 Å². The van der Waals surface area contributed by atoms with Crippen molar-refractivity contribution in [3.8, 4) is 57.3 Å². The number of aromatic nitrogens is 2. The van der Waals surface area contributed by atoms with E-state index in [2.05, 4.69) is 15.5 Å². The Morgan fingerprint density at radius 1 is 0.795 bits per heavy atom. The Bertz CT molecular complexity index is 1870. The first-order chi connectivity index (χ1) is 21.3. The molecule has 0 aliphatic heterocycles. The van der Waals surface area contributed by atoms with E-state index in [1.165, 1.54) is 41.6 Å². The third-order valence-electron chi connectivity index (χ3n) is 6.56. The van der Waals surface area contributed by atoms with Crippen LogP contribution >= 0.6 is 0 Å². The Morgan fingerprint density at radius 2 is 1.52 bits per heavy atom. The van der Waals surface area contributed by atoms with Gasteiger partial charge in [-0.15, -0.1) is 5.10 Å². The van der Waals surface area contributed by atoms with Crippen LogP contribution in [-0.4, -0.2) is 58.3 Å². The monoisotopic (exact) mass is 603 g/mol. The van der Waals surface area contributed by atoms with E-state index in [1.54, 1.807) is 18.2 Å². The summed E-state index contributed by atoms with van der Waals surface area (Å²) in [5.41, 5.74) is 1.61. The van der Waals surface area contributed by atoms with Gasteiger partial charge in [-0.25, -0.2) is 0 Å². The van der Waals surface area contributed by atoms with Crippen LogP contribution in [0.25, 0.3) is 33.7 Å². The van der Waals surface area contributed by atoms with Gasteiger partial charge >= 0.3 is 6.01 Å². The van der Waals surface area contributed by atoms with Gasteiger partial charge in [0.2, 0.25) is 22.8 Å². The normalized spacial score (nSPS) is 10.8. The lowest BCUT2D eigenvalue weighted by Gasteiger charge is -2.16. The van der Waals surface area contributed by atoms with E-state index in [0.717, 1.165) is 5.56 Å². The van der Waals surface area contributed by atoms with Gasteiger partial charge in [-0.05, 0) is 31.2 Å². The Balaban J connectivity index is 1.53. The zero-order chi connectivity index (χ0) is 31.4. The van der Waals surface area contributed by atoms with E-state index in [-0.39, 0.29) is 40.1 Å². The van der Waals surface area contributed by atoms with Gasteiger partial charge in [0.25, 0.3) is 5.91 Å². The number of nitrogens with zero attached hydrogens (tertiary/aromatic N) is 2. The lowest BCUT2D eigenvalue weighted by atomic mass is 10.1. The first-order valence-corrected chi connectivity index (χ1v) is 13.2. The van der Waals surface area contributed by atoms with Crippen LogP contribution < -0.4 is 39.2 Å². The number of hydrogen-bond donors (Lipinski definition) is 1. The number of hydrogen-bond acceptors (Lipinski definition) is 12. The molecule has 0 radical (unpaired) electrons. The van der Waals surface area contributed by atoms with E-state index in [1.807, 2.05) is 31.2 Å². The first kappa shape index (κ1) is 29.8. The molecule has 1 N–H and O–H groups in total. The van der Waals surface area contributed by atoms with Crippen LogP contribution in [-0.2, 0) is 4.79 Å². The minimum atomic E-state index is -0.665. The topological polar surface area (TPSA) is 154 Å². The van der Waals surface area contributed by atoms with Crippen molar-refractivity contribution in [3.05, 3.63) is 64.3 Å². The number of fused-ring (bicyclic) bond motifs is 1.